The Kier molecular flexibility index (Phi) is 3.11. The van der Waals surface area contributed by atoms with Crippen molar-refractivity contribution < 1.29 is 9.18 Å². The second kappa shape index (κ2) is 4.88. The third kappa shape index (κ3) is 2.09. The summed E-state index contributed by atoms with van der Waals surface area (Å²) in [6.07, 6.45) is 6.40. The molecule has 3 fully saturated rings. The normalized spacial score (nSPS) is 27.8. The van der Waals surface area contributed by atoms with Crippen LogP contribution < -0.4 is 5.32 Å². The van der Waals surface area contributed by atoms with Gasteiger partial charge in [-0.05, 0) is 73.8 Å². The lowest BCUT2D eigenvalue weighted by molar-refractivity contribution is -0.188. The SMILES string of the molecule is CC(C)(NC(=O)c1cccnc1)C12CC(c3ccc(F)cc3)(C1)C2. The van der Waals surface area contributed by atoms with Gasteiger partial charge in [0.2, 0.25) is 0 Å². The minimum Gasteiger partial charge on any atom is -0.347 e. The van der Waals surface area contributed by atoms with Gasteiger partial charge in [0.1, 0.15) is 5.82 Å². The van der Waals surface area contributed by atoms with E-state index in [1.165, 1.54) is 17.7 Å². The zero-order valence-electron chi connectivity index (χ0n) is 14.0. The van der Waals surface area contributed by atoms with Crippen LogP contribution in [0.4, 0.5) is 4.39 Å². The van der Waals surface area contributed by atoms with Gasteiger partial charge in [-0.15, -0.1) is 0 Å². The predicted octanol–water partition coefficient (Wildman–Crippen LogP) is 3.85. The Morgan fingerprint density at radius 3 is 2.42 bits per heavy atom. The molecule has 1 aromatic heterocycles. The molecule has 24 heavy (non-hydrogen) atoms. The van der Waals surface area contributed by atoms with Crippen LogP contribution in [0.3, 0.4) is 0 Å². The van der Waals surface area contributed by atoms with Crippen molar-refractivity contribution in [3.63, 3.8) is 0 Å². The summed E-state index contributed by atoms with van der Waals surface area (Å²) >= 11 is 0. The van der Waals surface area contributed by atoms with Gasteiger partial charge in [-0.2, -0.15) is 0 Å². The van der Waals surface area contributed by atoms with Crippen molar-refractivity contribution in [2.45, 2.75) is 44.1 Å². The fraction of sp³-hybridized carbons (Fsp3) is 0.400. The van der Waals surface area contributed by atoms with Crippen LogP contribution in [-0.2, 0) is 5.41 Å². The zero-order chi connectivity index (χ0) is 17.0. The molecule has 5 rings (SSSR count). The second-order valence-corrected chi connectivity index (χ2v) is 7.92. The summed E-state index contributed by atoms with van der Waals surface area (Å²) < 4.78 is 13.1. The third-order valence-electron chi connectivity index (χ3n) is 6.16. The number of halogens is 1. The Morgan fingerprint density at radius 1 is 1.17 bits per heavy atom. The highest BCUT2D eigenvalue weighted by Gasteiger charge is 2.73. The third-order valence-corrected chi connectivity index (χ3v) is 6.16. The van der Waals surface area contributed by atoms with E-state index in [2.05, 4.69) is 24.1 Å². The molecule has 3 saturated carbocycles. The van der Waals surface area contributed by atoms with Crippen molar-refractivity contribution in [3.05, 3.63) is 65.7 Å². The first kappa shape index (κ1) is 15.3. The molecule has 0 aliphatic heterocycles. The van der Waals surface area contributed by atoms with Crippen molar-refractivity contribution in [2.24, 2.45) is 5.41 Å². The first-order chi connectivity index (χ1) is 11.4. The molecule has 0 radical (unpaired) electrons. The van der Waals surface area contributed by atoms with Gasteiger partial charge in [0.25, 0.3) is 5.91 Å². The van der Waals surface area contributed by atoms with Crippen LogP contribution >= 0.6 is 0 Å². The summed E-state index contributed by atoms with van der Waals surface area (Å²) in [7, 11) is 0. The largest absolute Gasteiger partial charge is 0.347 e. The molecule has 124 valence electrons. The summed E-state index contributed by atoms with van der Waals surface area (Å²) in [6, 6.07) is 10.4. The highest BCUT2D eigenvalue weighted by molar-refractivity contribution is 5.94. The lowest BCUT2D eigenvalue weighted by Crippen LogP contribution is -2.75. The number of pyridine rings is 1. The van der Waals surface area contributed by atoms with Crippen LogP contribution in [0.25, 0.3) is 0 Å². The highest BCUT2D eigenvalue weighted by Crippen LogP contribution is 2.77. The van der Waals surface area contributed by atoms with Crippen LogP contribution in [0, 0.1) is 11.2 Å². The molecule has 1 amide bonds. The summed E-state index contributed by atoms with van der Waals surface area (Å²) in [5.74, 6) is -0.266. The van der Waals surface area contributed by atoms with Crippen LogP contribution in [0.15, 0.2) is 48.8 Å². The van der Waals surface area contributed by atoms with E-state index in [0.29, 0.717) is 5.56 Å². The Balaban J connectivity index is 1.46. The van der Waals surface area contributed by atoms with Crippen LogP contribution in [0.2, 0.25) is 0 Å². The van der Waals surface area contributed by atoms with Crippen molar-refractivity contribution >= 4 is 5.91 Å². The van der Waals surface area contributed by atoms with E-state index in [4.69, 9.17) is 0 Å². The average molecular weight is 324 g/mol. The fourth-order valence-electron chi connectivity index (χ4n) is 4.55. The number of hydrogen-bond acceptors (Lipinski definition) is 2. The van der Waals surface area contributed by atoms with Crippen molar-refractivity contribution in [2.75, 3.05) is 0 Å². The van der Waals surface area contributed by atoms with Crippen LogP contribution in [0.1, 0.15) is 49.0 Å². The molecule has 3 nitrogen and oxygen atoms in total. The Bertz CT molecular complexity index is 763. The van der Waals surface area contributed by atoms with E-state index >= 15 is 0 Å². The number of aromatic nitrogens is 1. The van der Waals surface area contributed by atoms with Gasteiger partial charge in [-0.25, -0.2) is 4.39 Å². The monoisotopic (exact) mass is 324 g/mol. The smallest absolute Gasteiger partial charge is 0.253 e. The molecule has 2 bridgehead atoms. The van der Waals surface area contributed by atoms with Gasteiger partial charge >= 0.3 is 0 Å². The Morgan fingerprint density at radius 2 is 1.83 bits per heavy atom. The first-order valence-corrected chi connectivity index (χ1v) is 8.35. The number of nitrogens with one attached hydrogen (secondary N) is 1. The van der Waals surface area contributed by atoms with Gasteiger partial charge in [-0.1, -0.05) is 12.1 Å². The number of carbonyl (C=O) groups excluding carboxylic acids is 1. The quantitative estimate of drug-likeness (QED) is 0.928. The Labute approximate surface area is 141 Å². The van der Waals surface area contributed by atoms with Gasteiger partial charge in [0.15, 0.2) is 0 Å². The second-order valence-electron chi connectivity index (χ2n) is 7.92. The first-order valence-electron chi connectivity index (χ1n) is 8.35. The lowest BCUT2D eigenvalue weighted by atomic mass is 9.29. The number of hydrogen-bond donors (Lipinski definition) is 1. The summed E-state index contributed by atoms with van der Waals surface area (Å²) in [6.45, 7) is 4.21. The molecule has 0 saturated heterocycles. The van der Waals surface area contributed by atoms with E-state index in [1.807, 2.05) is 12.1 Å². The van der Waals surface area contributed by atoms with E-state index in [9.17, 15) is 9.18 Å². The molecular weight excluding hydrogens is 303 g/mol. The number of rotatable bonds is 4. The molecule has 1 aromatic carbocycles. The molecule has 0 unspecified atom stereocenters. The molecule has 1 heterocycles. The molecule has 4 heteroatoms. The standard InChI is InChI=1S/C20H21FN2O/c1-18(2,23-17(24)14-4-3-9-22-10-14)20-11-19(12-20,13-20)15-5-7-16(21)8-6-15/h3-10H,11-13H2,1-2H3,(H,23,24). The fourth-order valence-corrected chi connectivity index (χ4v) is 4.55. The maximum Gasteiger partial charge on any atom is 0.253 e. The number of amides is 1. The molecule has 0 spiro atoms. The number of carbonyl (C=O) groups is 1. The number of nitrogens with zero attached hydrogens (tertiary/aromatic N) is 1. The van der Waals surface area contributed by atoms with Crippen molar-refractivity contribution in [1.29, 1.82) is 0 Å². The summed E-state index contributed by atoms with van der Waals surface area (Å²) in [4.78, 5) is 16.5. The van der Waals surface area contributed by atoms with Gasteiger partial charge in [0.05, 0.1) is 5.56 Å². The maximum absolute atomic E-state index is 13.1. The molecule has 1 N–H and O–H groups in total. The topological polar surface area (TPSA) is 42.0 Å². The minimum atomic E-state index is -0.276. The van der Waals surface area contributed by atoms with Gasteiger partial charge in [-0.3, -0.25) is 9.78 Å². The van der Waals surface area contributed by atoms with Crippen molar-refractivity contribution in [1.82, 2.24) is 10.3 Å². The number of benzene rings is 1. The van der Waals surface area contributed by atoms with Crippen molar-refractivity contribution in [3.8, 4) is 0 Å². The Hall–Kier alpha value is -2.23. The molecule has 3 aliphatic rings. The van der Waals surface area contributed by atoms with E-state index in [-0.39, 0.29) is 28.1 Å². The predicted molar refractivity (Wildman–Crippen MR) is 90.1 cm³/mol. The van der Waals surface area contributed by atoms with Crippen LogP contribution in [0.5, 0.6) is 0 Å². The highest BCUT2D eigenvalue weighted by atomic mass is 19.1. The maximum atomic E-state index is 13.1. The van der Waals surface area contributed by atoms with E-state index < -0.39 is 0 Å². The summed E-state index contributed by atoms with van der Waals surface area (Å²) in [5, 5.41) is 3.19. The van der Waals surface area contributed by atoms with E-state index in [0.717, 1.165) is 19.3 Å². The van der Waals surface area contributed by atoms with E-state index in [1.54, 1.807) is 24.5 Å². The molecular formula is C20H21FN2O. The molecule has 2 aromatic rings. The minimum absolute atomic E-state index is 0.0753. The zero-order valence-corrected chi connectivity index (χ0v) is 14.0. The van der Waals surface area contributed by atoms with Gasteiger partial charge in [0, 0.05) is 17.9 Å². The van der Waals surface area contributed by atoms with Gasteiger partial charge < -0.3 is 5.32 Å². The lowest BCUT2D eigenvalue weighted by Gasteiger charge is -2.76. The van der Waals surface area contributed by atoms with Crippen LogP contribution in [-0.4, -0.2) is 16.4 Å². The summed E-state index contributed by atoms with van der Waals surface area (Å²) in [5.41, 5.74) is 1.86. The molecule has 0 atom stereocenters. The average Bonchev–Trinajstić information content (AvgIpc) is 2.46. The molecule has 3 aliphatic carbocycles.